The molecule has 1 N–H and O–H groups in total. The maximum absolute atomic E-state index is 13.1. The maximum Gasteiger partial charge on any atom is 0.245 e. The molecule has 1 aliphatic carbocycles. The van der Waals surface area contributed by atoms with Crippen molar-refractivity contribution in [2.24, 2.45) is 5.92 Å². The number of likely N-dealkylation sites (N-methyl/N-ethyl adjacent to an activating group) is 1. The van der Waals surface area contributed by atoms with Crippen molar-refractivity contribution in [3.63, 3.8) is 0 Å². The van der Waals surface area contributed by atoms with E-state index in [2.05, 4.69) is 17.4 Å². The minimum absolute atomic E-state index is 0.00792. The Kier molecular flexibility index (Phi) is 6.44. The van der Waals surface area contributed by atoms with Crippen LogP contribution in [0.1, 0.15) is 24.8 Å². The molecule has 35 heavy (non-hydrogen) atoms. The third-order valence-electron chi connectivity index (χ3n) is 6.41. The lowest BCUT2D eigenvalue weighted by molar-refractivity contribution is -0.135. The first kappa shape index (κ1) is 22.6. The summed E-state index contributed by atoms with van der Waals surface area (Å²) in [6, 6.07) is 31.5. The van der Waals surface area contributed by atoms with Crippen molar-refractivity contribution < 1.29 is 9.59 Å². The highest BCUT2D eigenvalue weighted by Crippen LogP contribution is 2.48. The van der Waals surface area contributed by atoms with Crippen LogP contribution < -0.4 is 5.32 Å². The predicted molar refractivity (Wildman–Crippen MR) is 137 cm³/mol. The minimum Gasteiger partial charge on any atom is -0.333 e. The Balaban J connectivity index is 1.31. The lowest BCUT2D eigenvalue weighted by Crippen LogP contribution is -2.39. The van der Waals surface area contributed by atoms with Crippen molar-refractivity contribution in [1.82, 2.24) is 14.7 Å². The molecule has 0 spiro atoms. The fourth-order valence-corrected chi connectivity index (χ4v) is 4.46. The number of aromatic nitrogens is 2. The van der Waals surface area contributed by atoms with Crippen LogP contribution in [0.5, 0.6) is 0 Å². The predicted octanol–water partition coefficient (Wildman–Crippen LogP) is 5.13. The highest BCUT2D eigenvalue weighted by Gasteiger charge is 2.45. The Morgan fingerprint density at radius 1 is 0.943 bits per heavy atom. The van der Waals surface area contributed by atoms with Crippen LogP contribution in [0.25, 0.3) is 16.9 Å². The van der Waals surface area contributed by atoms with E-state index in [9.17, 15) is 9.59 Å². The van der Waals surface area contributed by atoms with Gasteiger partial charge in [-0.05, 0) is 37.0 Å². The van der Waals surface area contributed by atoms with Crippen molar-refractivity contribution in [1.29, 1.82) is 0 Å². The van der Waals surface area contributed by atoms with E-state index in [1.54, 1.807) is 9.58 Å². The zero-order valence-electron chi connectivity index (χ0n) is 19.7. The molecule has 6 heteroatoms. The summed E-state index contributed by atoms with van der Waals surface area (Å²) in [5.74, 6) is 0.558. The van der Waals surface area contributed by atoms with Gasteiger partial charge < -0.3 is 10.2 Å². The lowest BCUT2D eigenvalue weighted by Gasteiger charge is -2.20. The average molecular weight is 465 g/mol. The van der Waals surface area contributed by atoms with Crippen LogP contribution in [0.4, 0.5) is 5.82 Å². The number of para-hydroxylation sites is 1. The zero-order valence-corrected chi connectivity index (χ0v) is 19.7. The zero-order chi connectivity index (χ0) is 24.2. The van der Waals surface area contributed by atoms with Crippen LogP contribution in [-0.4, -0.2) is 39.6 Å². The van der Waals surface area contributed by atoms with Crippen molar-refractivity contribution in [2.45, 2.75) is 19.3 Å². The van der Waals surface area contributed by atoms with Crippen molar-refractivity contribution in [2.75, 3.05) is 18.4 Å². The van der Waals surface area contributed by atoms with E-state index < -0.39 is 0 Å². The van der Waals surface area contributed by atoms with E-state index in [4.69, 9.17) is 5.10 Å². The second kappa shape index (κ2) is 9.97. The number of carbonyl (C=O) groups is 2. The topological polar surface area (TPSA) is 67.2 Å². The van der Waals surface area contributed by atoms with E-state index in [1.165, 1.54) is 5.56 Å². The minimum atomic E-state index is -0.242. The molecule has 1 aromatic heterocycles. The lowest BCUT2D eigenvalue weighted by atomic mass is 10.1. The number of nitrogens with zero attached hydrogens (tertiary/aromatic N) is 3. The van der Waals surface area contributed by atoms with E-state index >= 15 is 0 Å². The van der Waals surface area contributed by atoms with E-state index in [-0.39, 0.29) is 30.2 Å². The molecule has 2 amide bonds. The Morgan fingerprint density at radius 2 is 1.57 bits per heavy atom. The molecule has 1 heterocycles. The van der Waals surface area contributed by atoms with Gasteiger partial charge in [0, 0.05) is 24.1 Å². The highest BCUT2D eigenvalue weighted by atomic mass is 16.2. The summed E-state index contributed by atoms with van der Waals surface area (Å²) < 4.78 is 1.73. The highest BCUT2D eigenvalue weighted by molar-refractivity contribution is 5.95. The van der Waals surface area contributed by atoms with Gasteiger partial charge in [0.25, 0.3) is 0 Å². The van der Waals surface area contributed by atoms with Gasteiger partial charge in [-0.3, -0.25) is 9.59 Å². The van der Waals surface area contributed by atoms with Crippen molar-refractivity contribution in [3.8, 4) is 16.9 Å². The van der Waals surface area contributed by atoms with E-state index in [0.717, 1.165) is 23.4 Å². The van der Waals surface area contributed by atoms with Gasteiger partial charge >= 0.3 is 0 Å². The Morgan fingerprint density at radius 3 is 2.23 bits per heavy atom. The summed E-state index contributed by atoms with van der Waals surface area (Å²) in [5.41, 5.74) is 3.75. The quantitative estimate of drug-likeness (QED) is 0.393. The number of amides is 2. The monoisotopic (exact) mass is 464 g/mol. The molecule has 0 saturated heterocycles. The molecule has 1 fully saturated rings. The molecule has 1 saturated carbocycles. The standard InChI is InChI=1S/C29H28N4O2/c1-2-32(29(35)25-18-24(25)21-12-6-3-7-13-21)20-28(34)30-27-19-26(22-14-8-4-9-15-22)31-33(27)23-16-10-5-11-17-23/h3-17,19,24-25H,2,18,20H2,1H3,(H,30,34). The smallest absolute Gasteiger partial charge is 0.245 e. The van der Waals surface area contributed by atoms with Crippen molar-refractivity contribution in [3.05, 3.63) is 103 Å². The van der Waals surface area contributed by atoms with Gasteiger partial charge in [-0.2, -0.15) is 5.10 Å². The molecule has 3 aromatic carbocycles. The first-order chi connectivity index (χ1) is 17.1. The molecule has 176 valence electrons. The number of nitrogens with one attached hydrogen (secondary N) is 1. The average Bonchev–Trinajstić information content (AvgIpc) is 3.61. The molecule has 6 nitrogen and oxygen atoms in total. The molecule has 0 bridgehead atoms. The van der Waals surface area contributed by atoms with Gasteiger partial charge in [-0.25, -0.2) is 4.68 Å². The summed E-state index contributed by atoms with van der Waals surface area (Å²) >= 11 is 0. The molecule has 0 aliphatic heterocycles. The van der Waals surface area contributed by atoms with Gasteiger partial charge in [0.05, 0.1) is 17.9 Å². The number of hydrogen-bond acceptors (Lipinski definition) is 3. The first-order valence-electron chi connectivity index (χ1n) is 12.0. The van der Waals surface area contributed by atoms with Crippen LogP contribution in [0.3, 0.4) is 0 Å². The van der Waals surface area contributed by atoms with Crippen LogP contribution in [-0.2, 0) is 9.59 Å². The van der Waals surface area contributed by atoms with Gasteiger partial charge in [0.15, 0.2) is 0 Å². The van der Waals surface area contributed by atoms with Crippen molar-refractivity contribution >= 4 is 17.6 Å². The Hall–Kier alpha value is -4.19. The summed E-state index contributed by atoms with van der Waals surface area (Å²) in [6.45, 7) is 2.40. The first-order valence-corrected chi connectivity index (χ1v) is 12.0. The third kappa shape index (κ3) is 5.01. The number of benzene rings is 3. The summed E-state index contributed by atoms with van der Waals surface area (Å²) in [7, 11) is 0. The normalized spacial score (nSPS) is 16.5. The van der Waals surface area contributed by atoms with Crippen LogP contribution in [0.15, 0.2) is 97.1 Å². The fraction of sp³-hybridized carbons (Fsp3) is 0.207. The van der Waals surface area contributed by atoms with Gasteiger partial charge in [0.2, 0.25) is 11.8 Å². The Bertz CT molecular complexity index is 1300. The molecule has 1 aliphatic rings. The largest absolute Gasteiger partial charge is 0.333 e. The Labute approximate surface area is 205 Å². The molecule has 2 atom stereocenters. The third-order valence-corrected chi connectivity index (χ3v) is 6.41. The molecular formula is C29H28N4O2. The van der Waals surface area contributed by atoms with E-state index in [0.29, 0.717) is 12.4 Å². The molecule has 0 radical (unpaired) electrons. The van der Waals surface area contributed by atoms with Crippen LogP contribution in [0, 0.1) is 5.92 Å². The fourth-order valence-electron chi connectivity index (χ4n) is 4.46. The number of hydrogen-bond donors (Lipinski definition) is 1. The molecule has 5 rings (SSSR count). The molecule has 2 unspecified atom stereocenters. The summed E-state index contributed by atoms with van der Waals surface area (Å²) in [6.07, 6.45) is 0.835. The summed E-state index contributed by atoms with van der Waals surface area (Å²) in [4.78, 5) is 27.8. The SMILES string of the molecule is CCN(CC(=O)Nc1cc(-c2ccccc2)nn1-c1ccccc1)C(=O)C1CC1c1ccccc1. The van der Waals surface area contributed by atoms with Crippen LogP contribution >= 0.6 is 0 Å². The summed E-state index contributed by atoms with van der Waals surface area (Å²) in [5, 5.41) is 7.73. The van der Waals surface area contributed by atoms with Gasteiger partial charge in [-0.15, -0.1) is 0 Å². The molecular weight excluding hydrogens is 436 g/mol. The van der Waals surface area contributed by atoms with E-state index in [1.807, 2.05) is 91.9 Å². The number of rotatable bonds is 8. The number of carbonyl (C=O) groups excluding carboxylic acids is 2. The molecule has 4 aromatic rings. The van der Waals surface area contributed by atoms with Gasteiger partial charge in [0.1, 0.15) is 5.82 Å². The van der Waals surface area contributed by atoms with Crippen LogP contribution in [0.2, 0.25) is 0 Å². The second-order valence-electron chi connectivity index (χ2n) is 8.79. The number of anilines is 1. The maximum atomic E-state index is 13.1. The van der Waals surface area contributed by atoms with Gasteiger partial charge in [-0.1, -0.05) is 78.9 Å². The second-order valence-corrected chi connectivity index (χ2v) is 8.79.